The van der Waals surface area contributed by atoms with Crippen LogP contribution in [0.4, 0.5) is 0 Å². The summed E-state index contributed by atoms with van der Waals surface area (Å²) in [5, 5.41) is 0. The fourth-order valence-corrected chi connectivity index (χ4v) is 1.68. The van der Waals surface area contributed by atoms with Gasteiger partial charge in [-0.2, -0.15) is 0 Å². The highest BCUT2D eigenvalue weighted by molar-refractivity contribution is 5.76. The lowest BCUT2D eigenvalue weighted by molar-refractivity contribution is -0.142. The van der Waals surface area contributed by atoms with Crippen LogP contribution in [0.1, 0.15) is 6.42 Å². The van der Waals surface area contributed by atoms with Crippen molar-refractivity contribution in [1.82, 2.24) is 9.80 Å². The number of esters is 1. The van der Waals surface area contributed by atoms with Gasteiger partial charge in [0.25, 0.3) is 0 Å². The van der Waals surface area contributed by atoms with E-state index < -0.39 is 0 Å². The molecular formula is C10H19N3O3. The molecule has 1 aliphatic heterocycles. The van der Waals surface area contributed by atoms with Crippen LogP contribution in [0.25, 0.3) is 0 Å². The minimum Gasteiger partial charge on any atom is -0.468 e. The number of piperazine rings is 1. The number of methoxy groups -OCH3 is 1. The molecule has 6 heteroatoms. The van der Waals surface area contributed by atoms with E-state index in [1.807, 2.05) is 4.90 Å². The first kappa shape index (κ1) is 12.9. The van der Waals surface area contributed by atoms with Gasteiger partial charge in [0.2, 0.25) is 5.91 Å². The van der Waals surface area contributed by atoms with E-state index in [2.05, 4.69) is 4.74 Å². The Hall–Kier alpha value is -1.14. The molecule has 0 aromatic heterocycles. The second kappa shape index (κ2) is 6.44. The Kier molecular flexibility index (Phi) is 5.21. The first-order valence-electron chi connectivity index (χ1n) is 5.44. The van der Waals surface area contributed by atoms with Gasteiger partial charge in [0, 0.05) is 39.1 Å². The summed E-state index contributed by atoms with van der Waals surface area (Å²) in [4.78, 5) is 26.3. The summed E-state index contributed by atoms with van der Waals surface area (Å²) in [6.45, 7) is 3.44. The van der Waals surface area contributed by atoms with Crippen LogP contribution in [0.15, 0.2) is 0 Å². The molecule has 92 valence electrons. The third kappa shape index (κ3) is 3.79. The van der Waals surface area contributed by atoms with Crippen LogP contribution < -0.4 is 5.73 Å². The van der Waals surface area contributed by atoms with Crippen molar-refractivity contribution < 1.29 is 14.3 Å². The Morgan fingerprint density at radius 3 is 2.38 bits per heavy atom. The van der Waals surface area contributed by atoms with E-state index in [0.29, 0.717) is 45.7 Å². The van der Waals surface area contributed by atoms with E-state index in [4.69, 9.17) is 5.73 Å². The molecular weight excluding hydrogens is 210 g/mol. The number of carbonyl (C=O) groups excluding carboxylic acids is 2. The van der Waals surface area contributed by atoms with Crippen LogP contribution >= 0.6 is 0 Å². The fourth-order valence-electron chi connectivity index (χ4n) is 1.68. The molecule has 1 aliphatic rings. The normalized spacial score (nSPS) is 17.2. The van der Waals surface area contributed by atoms with Crippen molar-refractivity contribution in [2.24, 2.45) is 5.73 Å². The summed E-state index contributed by atoms with van der Waals surface area (Å²) in [6.07, 6.45) is 0.400. The monoisotopic (exact) mass is 229 g/mol. The van der Waals surface area contributed by atoms with Gasteiger partial charge < -0.3 is 15.4 Å². The Balaban J connectivity index is 2.28. The maximum absolute atomic E-state index is 11.5. The number of hydrogen-bond donors (Lipinski definition) is 1. The molecule has 0 bridgehead atoms. The first-order valence-corrected chi connectivity index (χ1v) is 5.44. The molecule has 1 amide bonds. The molecule has 0 aromatic carbocycles. The van der Waals surface area contributed by atoms with Crippen LogP contribution in [0.5, 0.6) is 0 Å². The van der Waals surface area contributed by atoms with Gasteiger partial charge in [-0.05, 0) is 0 Å². The summed E-state index contributed by atoms with van der Waals surface area (Å²) in [5.41, 5.74) is 5.33. The zero-order chi connectivity index (χ0) is 12.0. The molecule has 0 radical (unpaired) electrons. The largest absolute Gasteiger partial charge is 0.468 e. The number of ether oxygens (including phenoxy) is 1. The molecule has 0 aromatic rings. The number of nitrogens with zero attached hydrogens (tertiary/aromatic N) is 2. The quantitative estimate of drug-likeness (QED) is 0.603. The van der Waals surface area contributed by atoms with Crippen molar-refractivity contribution in [2.45, 2.75) is 6.42 Å². The lowest BCUT2D eigenvalue weighted by atomic mass is 10.2. The second-order valence-corrected chi connectivity index (χ2v) is 3.77. The topological polar surface area (TPSA) is 75.9 Å². The van der Waals surface area contributed by atoms with Gasteiger partial charge in [0.15, 0.2) is 0 Å². The zero-order valence-electron chi connectivity index (χ0n) is 9.65. The molecule has 0 saturated carbocycles. The standard InChI is InChI=1S/C10H19N3O3/c1-16-10(15)8-12-4-6-13(7-5-12)9(14)2-3-11/h2-8,11H2,1H3. The third-order valence-corrected chi connectivity index (χ3v) is 2.66. The molecule has 16 heavy (non-hydrogen) atoms. The van der Waals surface area contributed by atoms with Crippen LogP contribution in [-0.4, -0.2) is 68.1 Å². The van der Waals surface area contributed by atoms with Crippen molar-refractivity contribution in [3.63, 3.8) is 0 Å². The molecule has 0 spiro atoms. The lowest BCUT2D eigenvalue weighted by Crippen LogP contribution is -2.50. The van der Waals surface area contributed by atoms with Crippen molar-refractivity contribution in [2.75, 3.05) is 46.4 Å². The Morgan fingerprint density at radius 1 is 1.25 bits per heavy atom. The van der Waals surface area contributed by atoms with Gasteiger partial charge in [-0.25, -0.2) is 0 Å². The minimum absolute atomic E-state index is 0.0974. The number of carbonyl (C=O) groups is 2. The van der Waals surface area contributed by atoms with E-state index in [-0.39, 0.29) is 11.9 Å². The summed E-state index contributed by atoms with van der Waals surface area (Å²) in [5.74, 6) is -0.137. The third-order valence-electron chi connectivity index (χ3n) is 2.66. The van der Waals surface area contributed by atoms with Gasteiger partial charge >= 0.3 is 5.97 Å². The van der Waals surface area contributed by atoms with E-state index >= 15 is 0 Å². The van der Waals surface area contributed by atoms with Gasteiger partial charge in [-0.15, -0.1) is 0 Å². The van der Waals surface area contributed by atoms with Crippen molar-refractivity contribution >= 4 is 11.9 Å². The SMILES string of the molecule is COC(=O)CN1CCN(C(=O)CCN)CC1. The van der Waals surface area contributed by atoms with E-state index in [9.17, 15) is 9.59 Å². The van der Waals surface area contributed by atoms with Gasteiger partial charge in [-0.3, -0.25) is 14.5 Å². The highest BCUT2D eigenvalue weighted by atomic mass is 16.5. The Bertz CT molecular complexity index is 250. The predicted octanol–water partition coefficient (Wildman–Crippen LogP) is -1.35. The van der Waals surface area contributed by atoms with Crippen molar-refractivity contribution in [3.05, 3.63) is 0 Å². The first-order chi connectivity index (χ1) is 7.67. The maximum atomic E-state index is 11.5. The van der Waals surface area contributed by atoms with Crippen LogP contribution in [0, 0.1) is 0 Å². The summed E-state index contributed by atoms with van der Waals surface area (Å²) >= 11 is 0. The molecule has 1 heterocycles. The zero-order valence-corrected chi connectivity index (χ0v) is 9.65. The molecule has 0 aliphatic carbocycles. The minimum atomic E-state index is -0.235. The van der Waals surface area contributed by atoms with Crippen molar-refractivity contribution in [1.29, 1.82) is 0 Å². The van der Waals surface area contributed by atoms with Gasteiger partial charge in [0.05, 0.1) is 13.7 Å². The average molecular weight is 229 g/mol. The predicted molar refractivity (Wildman–Crippen MR) is 58.7 cm³/mol. The van der Waals surface area contributed by atoms with Crippen LogP contribution in [0.2, 0.25) is 0 Å². The Labute approximate surface area is 95.3 Å². The lowest BCUT2D eigenvalue weighted by Gasteiger charge is -2.34. The van der Waals surface area contributed by atoms with Crippen molar-refractivity contribution in [3.8, 4) is 0 Å². The highest BCUT2D eigenvalue weighted by Gasteiger charge is 2.21. The molecule has 6 nitrogen and oxygen atoms in total. The molecule has 1 rings (SSSR count). The molecule has 1 saturated heterocycles. The summed E-state index contributed by atoms with van der Waals surface area (Å²) < 4.78 is 4.59. The van der Waals surface area contributed by atoms with Gasteiger partial charge in [-0.1, -0.05) is 0 Å². The van der Waals surface area contributed by atoms with E-state index in [0.717, 1.165) is 0 Å². The van der Waals surface area contributed by atoms with Crippen LogP contribution in [-0.2, 0) is 14.3 Å². The second-order valence-electron chi connectivity index (χ2n) is 3.77. The number of rotatable bonds is 4. The fraction of sp³-hybridized carbons (Fsp3) is 0.800. The van der Waals surface area contributed by atoms with E-state index in [1.165, 1.54) is 7.11 Å². The molecule has 0 unspecified atom stereocenters. The highest BCUT2D eigenvalue weighted by Crippen LogP contribution is 2.03. The maximum Gasteiger partial charge on any atom is 0.319 e. The average Bonchev–Trinajstić information content (AvgIpc) is 2.30. The number of hydrogen-bond acceptors (Lipinski definition) is 5. The summed E-state index contributed by atoms with van der Waals surface area (Å²) in [6, 6.07) is 0. The number of nitrogens with two attached hydrogens (primary N) is 1. The molecule has 2 N–H and O–H groups in total. The summed E-state index contributed by atoms with van der Waals surface area (Å²) in [7, 11) is 1.38. The Morgan fingerprint density at radius 2 is 1.88 bits per heavy atom. The van der Waals surface area contributed by atoms with Gasteiger partial charge in [0.1, 0.15) is 0 Å². The van der Waals surface area contributed by atoms with E-state index in [1.54, 1.807) is 4.90 Å². The molecule has 1 fully saturated rings. The smallest absolute Gasteiger partial charge is 0.319 e. The molecule has 0 atom stereocenters. The number of amides is 1. The van der Waals surface area contributed by atoms with Crippen LogP contribution in [0.3, 0.4) is 0 Å².